The smallest absolute Gasteiger partial charge is 0.253 e. The molecule has 0 aliphatic rings. The van der Waals surface area contributed by atoms with Gasteiger partial charge in [-0.2, -0.15) is 0 Å². The number of benzene rings is 2. The van der Waals surface area contributed by atoms with Gasteiger partial charge in [0.2, 0.25) is 0 Å². The zero-order valence-corrected chi connectivity index (χ0v) is 13.8. The highest BCUT2D eigenvalue weighted by Gasteiger charge is 2.11. The topological polar surface area (TPSA) is 83.2 Å². The summed E-state index contributed by atoms with van der Waals surface area (Å²) >= 11 is 0. The van der Waals surface area contributed by atoms with Crippen molar-refractivity contribution in [1.82, 2.24) is 15.6 Å². The second-order valence-electron chi connectivity index (χ2n) is 5.49. The molecule has 6 nitrogen and oxygen atoms in total. The van der Waals surface area contributed by atoms with Crippen molar-refractivity contribution in [3.05, 3.63) is 65.9 Å². The van der Waals surface area contributed by atoms with Crippen molar-refractivity contribution in [1.29, 1.82) is 0 Å². The fourth-order valence-corrected chi connectivity index (χ4v) is 2.55. The molecule has 1 aromatic heterocycles. The van der Waals surface area contributed by atoms with Gasteiger partial charge in [0.25, 0.3) is 11.8 Å². The minimum absolute atomic E-state index is 0.170. The van der Waals surface area contributed by atoms with E-state index >= 15 is 0 Å². The zero-order valence-electron chi connectivity index (χ0n) is 13.8. The monoisotopic (exact) mass is 337 g/mol. The number of amides is 2. The SMILES string of the molecule is COc1ccc(C(=O)NCCNC(=O)c2c[nH]c3ccccc23)cc1. The summed E-state index contributed by atoms with van der Waals surface area (Å²) in [5.74, 6) is 0.336. The molecule has 2 amide bonds. The molecule has 0 spiro atoms. The van der Waals surface area contributed by atoms with E-state index in [0.717, 1.165) is 10.9 Å². The molecule has 0 unspecified atom stereocenters. The summed E-state index contributed by atoms with van der Waals surface area (Å²) in [6.45, 7) is 0.694. The van der Waals surface area contributed by atoms with Crippen LogP contribution in [-0.2, 0) is 0 Å². The van der Waals surface area contributed by atoms with Crippen LogP contribution >= 0.6 is 0 Å². The van der Waals surface area contributed by atoms with Crippen LogP contribution in [0.3, 0.4) is 0 Å². The Bertz CT molecular complexity index is 884. The van der Waals surface area contributed by atoms with E-state index in [0.29, 0.717) is 30.0 Å². The van der Waals surface area contributed by atoms with Crippen LogP contribution in [0.4, 0.5) is 0 Å². The Kier molecular flexibility index (Phi) is 4.99. The summed E-state index contributed by atoms with van der Waals surface area (Å²) in [5.41, 5.74) is 2.06. The van der Waals surface area contributed by atoms with E-state index < -0.39 is 0 Å². The van der Waals surface area contributed by atoms with Gasteiger partial charge in [-0.1, -0.05) is 18.2 Å². The highest BCUT2D eigenvalue weighted by molar-refractivity contribution is 6.06. The minimum Gasteiger partial charge on any atom is -0.497 e. The summed E-state index contributed by atoms with van der Waals surface area (Å²) in [7, 11) is 1.57. The number of para-hydroxylation sites is 1. The van der Waals surface area contributed by atoms with Gasteiger partial charge in [0.15, 0.2) is 0 Å². The lowest BCUT2D eigenvalue weighted by Crippen LogP contribution is -2.34. The van der Waals surface area contributed by atoms with Crippen LogP contribution in [0, 0.1) is 0 Å². The Morgan fingerprint density at radius 2 is 1.64 bits per heavy atom. The van der Waals surface area contributed by atoms with Crippen LogP contribution < -0.4 is 15.4 Å². The highest BCUT2D eigenvalue weighted by Crippen LogP contribution is 2.17. The number of carbonyl (C=O) groups excluding carboxylic acids is 2. The molecular weight excluding hydrogens is 318 g/mol. The summed E-state index contributed by atoms with van der Waals surface area (Å²) in [6.07, 6.45) is 1.69. The molecule has 0 fully saturated rings. The predicted octanol–water partition coefficient (Wildman–Crippen LogP) is 2.34. The second-order valence-corrected chi connectivity index (χ2v) is 5.49. The molecule has 128 valence electrons. The third kappa shape index (κ3) is 3.80. The molecule has 1 heterocycles. The van der Waals surface area contributed by atoms with Gasteiger partial charge < -0.3 is 20.4 Å². The van der Waals surface area contributed by atoms with Gasteiger partial charge in [-0.15, -0.1) is 0 Å². The molecule has 0 aliphatic carbocycles. The molecule has 3 N–H and O–H groups in total. The molecule has 0 atom stereocenters. The number of methoxy groups -OCH3 is 1. The predicted molar refractivity (Wildman–Crippen MR) is 96.0 cm³/mol. The number of hydrogen-bond donors (Lipinski definition) is 3. The fourth-order valence-electron chi connectivity index (χ4n) is 2.55. The van der Waals surface area contributed by atoms with E-state index in [4.69, 9.17) is 4.74 Å². The van der Waals surface area contributed by atoms with E-state index in [9.17, 15) is 9.59 Å². The zero-order chi connectivity index (χ0) is 17.6. The van der Waals surface area contributed by atoms with E-state index in [1.807, 2.05) is 24.3 Å². The van der Waals surface area contributed by atoms with E-state index in [1.165, 1.54) is 0 Å². The highest BCUT2D eigenvalue weighted by atomic mass is 16.5. The van der Waals surface area contributed by atoms with Gasteiger partial charge in [0.1, 0.15) is 5.75 Å². The molecule has 0 saturated carbocycles. The lowest BCUT2D eigenvalue weighted by atomic mass is 10.1. The number of aromatic nitrogens is 1. The van der Waals surface area contributed by atoms with Gasteiger partial charge in [0, 0.05) is 35.8 Å². The molecule has 3 aromatic rings. The number of fused-ring (bicyclic) bond motifs is 1. The molecular formula is C19H19N3O3. The molecule has 0 saturated heterocycles. The van der Waals surface area contributed by atoms with E-state index in [2.05, 4.69) is 15.6 Å². The Hall–Kier alpha value is -3.28. The third-order valence-electron chi connectivity index (χ3n) is 3.88. The average Bonchev–Trinajstić information content (AvgIpc) is 3.09. The molecule has 6 heteroatoms. The Morgan fingerprint density at radius 3 is 2.36 bits per heavy atom. The number of hydrogen-bond acceptors (Lipinski definition) is 3. The van der Waals surface area contributed by atoms with Crippen LogP contribution in [0.25, 0.3) is 10.9 Å². The molecule has 2 aromatic carbocycles. The van der Waals surface area contributed by atoms with Crippen molar-refractivity contribution in [3.63, 3.8) is 0 Å². The molecule has 0 aliphatic heterocycles. The van der Waals surface area contributed by atoms with Gasteiger partial charge >= 0.3 is 0 Å². The van der Waals surface area contributed by atoms with E-state index in [1.54, 1.807) is 37.6 Å². The lowest BCUT2D eigenvalue weighted by Gasteiger charge is -2.07. The van der Waals surface area contributed by atoms with Crippen molar-refractivity contribution in [2.75, 3.05) is 20.2 Å². The van der Waals surface area contributed by atoms with Crippen molar-refractivity contribution < 1.29 is 14.3 Å². The first-order valence-corrected chi connectivity index (χ1v) is 7.95. The lowest BCUT2D eigenvalue weighted by molar-refractivity contribution is 0.0928. The largest absolute Gasteiger partial charge is 0.497 e. The number of carbonyl (C=O) groups is 2. The van der Waals surface area contributed by atoms with Crippen molar-refractivity contribution >= 4 is 22.7 Å². The number of ether oxygens (including phenoxy) is 1. The second kappa shape index (κ2) is 7.53. The van der Waals surface area contributed by atoms with Crippen molar-refractivity contribution in [2.45, 2.75) is 0 Å². The normalized spacial score (nSPS) is 10.4. The summed E-state index contributed by atoms with van der Waals surface area (Å²) < 4.78 is 5.06. The maximum Gasteiger partial charge on any atom is 0.253 e. The standard InChI is InChI=1S/C19H19N3O3/c1-25-14-8-6-13(7-9-14)18(23)20-10-11-21-19(24)16-12-22-17-5-3-2-4-15(16)17/h2-9,12,22H,10-11H2,1H3,(H,20,23)(H,21,24). The Morgan fingerprint density at radius 1 is 0.960 bits per heavy atom. The van der Waals surface area contributed by atoms with Gasteiger partial charge in [-0.3, -0.25) is 9.59 Å². The number of nitrogens with one attached hydrogen (secondary N) is 3. The first kappa shape index (κ1) is 16.6. The fraction of sp³-hybridized carbons (Fsp3) is 0.158. The average molecular weight is 337 g/mol. The van der Waals surface area contributed by atoms with Crippen LogP contribution in [0.1, 0.15) is 20.7 Å². The maximum absolute atomic E-state index is 12.2. The van der Waals surface area contributed by atoms with Crippen LogP contribution in [0.2, 0.25) is 0 Å². The van der Waals surface area contributed by atoms with Crippen molar-refractivity contribution in [3.8, 4) is 5.75 Å². The van der Waals surface area contributed by atoms with E-state index in [-0.39, 0.29) is 11.8 Å². The number of rotatable bonds is 6. The van der Waals surface area contributed by atoms with Gasteiger partial charge in [0.05, 0.1) is 12.7 Å². The first-order valence-electron chi connectivity index (χ1n) is 7.95. The molecule has 0 bridgehead atoms. The Labute approximate surface area is 145 Å². The number of H-pyrrole nitrogens is 1. The van der Waals surface area contributed by atoms with Gasteiger partial charge in [-0.05, 0) is 30.3 Å². The summed E-state index contributed by atoms with van der Waals surface area (Å²) in [6, 6.07) is 14.5. The number of aromatic amines is 1. The molecule has 0 radical (unpaired) electrons. The minimum atomic E-state index is -0.191. The quantitative estimate of drug-likeness (QED) is 0.604. The molecule has 25 heavy (non-hydrogen) atoms. The van der Waals surface area contributed by atoms with Crippen LogP contribution in [-0.4, -0.2) is 37.0 Å². The Balaban J connectivity index is 1.49. The van der Waals surface area contributed by atoms with Crippen molar-refractivity contribution in [2.24, 2.45) is 0 Å². The van der Waals surface area contributed by atoms with Gasteiger partial charge in [-0.25, -0.2) is 0 Å². The van der Waals surface area contributed by atoms with Crippen LogP contribution in [0.5, 0.6) is 5.75 Å². The van der Waals surface area contributed by atoms with Crippen LogP contribution in [0.15, 0.2) is 54.7 Å². The maximum atomic E-state index is 12.2. The summed E-state index contributed by atoms with van der Waals surface area (Å²) in [4.78, 5) is 27.3. The molecule has 3 rings (SSSR count). The summed E-state index contributed by atoms with van der Waals surface area (Å²) in [5, 5.41) is 6.46. The third-order valence-corrected chi connectivity index (χ3v) is 3.88. The first-order chi connectivity index (χ1) is 12.2.